The zero-order valence-corrected chi connectivity index (χ0v) is 32.9. The van der Waals surface area contributed by atoms with Crippen LogP contribution in [-0.4, -0.2) is 68.2 Å². The standard InChI is InChI=1S/C43H46ClN3O6Si/c1-27-41(54(3,4)35-16-14-34(52-2)15-17-35)38(23-40(50)46-25-30-8-6-5-7-29(30)21-33(46)26-48)53-43(27)36-22-31(44)11-18-37(36)47(42(43)51)24-28-9-12-32(13-10-28)45-20-19-39(45)49/h5-18,22,27,33,38,41,48H,19-21,23-26H2,1-4H3/t27-,33+,38+,41-,43+/m1/s1. The van der Waals surface area contributed by atoms with Crippen LogP contribution >= 0.6 is 11.6 Å². The van der Waals surface area contributed by atoms with Gasteiger partial charge >= 0.3 is 0 Å². The average Bonchev–Trinajstić information content (AvgIpc) is 3.59. The molecule has 9 nitrogen and oxygen atoms in total. The van der Waals surface area contributed by atoms with Crippen LogP contribution < -0.4 is 19.7 Å². The molecule has 54 heavy (non-hydrogen) atoms. The molecule has 0 unspecified atom stereocenters. The predicted molar refractivity (Wildman–Crippen MR) is 212 cm³/mol. The van der Waals surface area contributed by atoms with Gasteiger partial charge < -0.3 is 29.3 Å². The Morgan fingerprint density at radius 1 is 1.00 bits per heavy atom. The molecule has 0 aliphatic carbocycles. The van der Waals surface area contributed by atoms with Gasteiger partial charge in [0, 0.05) is 41.7 Å². The van der Waals surface area contributed by atoms with Crippen LogP contribution in [0.4, 0.5) is 11.4 Å². The highest BCUT2D eigenvalue weighted by molar-refractivity contribution is 6.91. The van der Waals surface area contributed by atoms with Gasteiger partial charge in [0.25, 0.3) is 5.91 Å². The Balaban J connectivity index is 1.17. The predicted octanol–water partition coefficient (Wildman–Crippen LogP) is 6.18. The number of halogens is 1. The summed E-state index contributed by atoms with van der Waals surface area (Å²) < 4.78 is 12.7. The summed E-state index contributed by atoms with van der Waals surface area (Å²) in [6.07, 6.45) is 0.622. The molecule has 280 valence electrons. The van der Waals surface area contributed by atoms with Crippen LogP contribution in [-0.2, 0) is 44.2 Å². The highest BCUT2D eigenvalue weighted by atomic mass is 35.5. The van der Waals surface area contributed by atoms with Crippen molar-refractivity contribution in [1.82, 2.24) is 4.90 Å². The molecule has 4 aliphatic rings. The van der Waals surface area contributed by atoms with Crippen molar-refractivity contribution in [3.8, 4) is 5.75 Å². The lowest BCUT2D eigenvalue weighted by Crippen LogP contribution is -2.52. The van der Waals surface area contributed by atoms with Crippen LogP contribution in [0.2, 0.25) is 23.7 Å². The van der Waals surface area contributed by atoms with Gasteiger partial charge in [0.15, 0.2) is 5.60 Å². The Morgan fingerprint density at radius 2 is 1.72 bits per heavy atom. The smallest absolute Gasteiger partial charge is 0.264 e. The molecule has 4 aliphatic heterocycles. The summed E-state index contributed by atoms with van der Waals surface area (Å²) in [5.74, 6) is 0.283. The van der Waals surface area contributed by atoms with E-state index in [2.05, 4.69) is 38.2 Å². The average molecular weight is 764 g/mol. The Kier molecular flexibility index (Phi) is 9.45. The van der Waals surface area contributed by atoms with Gasteiger partial charge in [-0.15, -0.1) is 0 Å². The highest BCUT2D eigenvalue weighted by Crippen LogP contribution is 2.60. The largest absolute Gasteiger partial charge is 0.497 e. The molecule has 1 N–H and O–H groups in total. The van der Waals surface area contributed by atoms with Crippen LogP contribution in [0.15, 0.2) is 91.0 Å². The number of fused-ring (bicyclic) bond motifs is 3. The number of hydrogen-bond acceptors (Lipinski definition) is 6. The molecule has 0 saturated carbocycles. The number of ether oxygens (including phenoxy) is 2. The summed E-state index contributed by atoms with van der Waals surface area (Å²) in [6, 6.07) is 29.2. The second-order valence-corrected chi connectivity index (χ2v) is 20.8. The quantitative estimate of drug-likeness (QED) is 0.162. The van der Waals surface area contributed by atoms with Gasteiger partial charge in [-0.05, 0) is 71.1 Å². The number of aliphatic hydroxyl groups excluding tert-OH is 1. The number of carbonyl (C=O) groups excluding carboxylic acids is 3. The van der Waals surface area contributed by atoms with Crippen LogP contribution in [0, 0.1) is 5.92 Å². The van der Waals surface area contributed by atoms with E-state index in [9.17, 15) is 14.7 Å². The van der Waals surface area contributed by atoms with E-state index in [1.54, 1.807) is 27.9 Å². The van der Waals surface area contributed by atoms with Crippen molar-refractivity contribution in [2.45, 2.75) is 75.7 Å². The molecule has 4 aromatic rings. The summed E-state index contributed by atoms with van der Waals surface area (Å²) >= 11 is 6.71. The fourth-order valence-electron chi connectivity index (χ4n) is 9.53. The summed E-state index contributed by atoms with van der Waals surface area (Å²) in [5.41, 5.74) is 3.92. The molecule has 0 radical (unpaired) electrons. The van der Waals surface area contributed by atoms with Crippen molar-refractivity contribution in [3.63, 3.8) is 0 Å². The number of nitrogens with zero attached hydrogens (tertiary/aromatic N) is 3. The molecule has 1 spiro atoms. The number of rotatable bonds is 9. The molecule has 8 rings (SSSR count). The third-order valence-electron chi connectivity index (χ3n) is 12.5. The van der Waals surface area contributed by atoms with Gasteiger partial charge in [-0.25, -0.2) is 0 Å². The van der Waals surface area contributed by atoms with E-state index in [0.717, 1.165) is 39.4 Å². The van der Waals surface area contributed by atoms with Gasteiger partial charge in [-0.2, -0.15) is 0 Å². The van der Waals surface area contributed by atoms with E-state index in [1.165, 1.54) is 5.19 Å². The van der Waals surface area contributed by atoms with Gasteiger partial charge in [0.2, 0.25) is 11.8 Å². The van der Waals surface area contributed by atoms with E-state index in [-0.39, 0.29) is 48.3 Å². The van der Waals surface area contributed by atoms with Crippen molar-refractivity contribution in [2.75, 3.05) is 30.1 Å². The first-order chi connectivity index (χ1) is 26.0. The fraction of sp³-hybridized carbons (Fsp3) is 0.372. The second-order valence-electron chi connectivity index (χ2n) is 15.7. The SMILES string of the molecule is COc1ccc([Si](C)(C)[C@H]2[C@H](CC(=O)N3Cc4ccccc4C[C@H]3CO)O[C@@]3(C(=O)N(Cc4ccc(N5CCC5=O)cc4)c4ccc(Cl)cc43)[C@@H]2C)cc1. The van der Waals surface area contributed by atoms with Crippen LogP contribution in [0.3, 0.4) is 0 Å². The number of carbonyl (C=O) groups is 3. The third-order valence-corrected chi connectivity index (χ3v) is 17.1. The Hall–Kier alpha value is -4.48. The van der Waals surface area contributed by atoms with Gasteiger partial charge in [-0.3, -0.25) is 14.4 Å². The van der Waals surface area contributed by atoms with Crippen LogP contribution in [0.1, 0.15) is 42.0 Å². The lowest BCUT2D eigenvalue weighted by atomic mass is 9.82. The Bertz CT molecular complexity index is 2110. The molecule has 5 atom stereocenters. The molecule has 0 aromatic heterocycles. The summed E-state index contributed by atoms with van der Waals surface area (Å²) in [4.78, 5) is 47.2. The van der Waals surface area contributed by atoms with Crippen LogP contribution in [0.5, 0.6) is 5.75 Å². The van der Waals surface area contributed by atoms with Gasteiger partial charge in [0.1, 0.15) is 5.75 Å². The first-order valence-electron chi connectivity index (χ1n) is 18.8. The van der Waals surface area contributed by atoms with Crippen molar-refractivity contribution < 1.29 is 29.0 Å². The maximum Gasteiger partial charge on any atom is 0.264 e. The molecule has 4 heterocycles. The lowest BCUT2D eigenvalue weighted by molar-refractivity contribution is -0.151. The number of β-lactam (4-membered cyclic amide) rings is 1. The lowest BCUT2D eigenvalue weighted by Gasteiger charge is -2.39. The van der Waals surface area contributed by atoms with Crippen molar-refractivity contribution in [1.29, 1.82) is 0 Å². The van der Waals surface area contributed by atoms with E-state index in [4.69, 9.17) is 21.1 Å². The van der Waals surface area contributed by atoms with Crippen LogP contribution in [0.25, 0.3) is 0 Å². The van der Waals surface area contributed by atoms with E-state index in [0.29, 0.717) is 37.5 Å². The molecule has 4 aromatic carbocycles. The number of anilines is 2. The molecule has 0 bridgehead atoms. The number of methoxy groups -OCH3 is 1. The van der Waals surface area contributed by atoms with Crippen molar-refractivity contribution in [2.24, 2.45) is 5.92 Å². The Morgan fingerprint density at radius 3 is 2.37 bits per heavy atom. The number of benzene rings is 4. The number of hydrogen-bond donors (Lipinski definition) is 1. The maximum atomic E-state index is 15.2. The zero-order valence-electron chi connectivity index (χ0n) is 31.1. The number of amides is 3. The minimum absolute atomic E-state index is 0.0713. The summed E-state index contributed by atoms with van der Waals surface area (Å²) in [5, 5.41) is 12.1. The second kappa shape index (κ2) is 14.0. The summed E-state index contributed by atoms with van der Waals surface area (Å²) in [7, 11) is -0.870. The highest BCUT2D eigenvalue weighted by Gasteiger charge is 2.66. The normalized spacial score (nSPS) is 24.8. The maximum absolute atomic E-state index is 15.2. The molecule has 2 fully saturated rings. The van der Waals surface area contributed by atoms with Gasteiger partial charge in [-0.1, -0.05) is 85.3 Å². The zero-order chi connectivity index (χ0) is 37.9. The third kappa shape index (κ3) is 5.94. The summed E-state index contributed by atoms with van der Waals surface area (Å²) in [6.45, 7) is 7.98. The van der Waals surface area contributed by atoms with E-state index in [1.807, 2.05) is 66.7 Å². The van der Waals surface area contributed by atoms with Crippen molar-refractivity contribution in [3.05, 3.63) is 118 Å². The van der Waals surface area contributed by atoms with Crippen molar-refractivity contribution >= 4 is 54.0 Å². The first-order valence-corrected chi connectivity index (χ1v) is 22.2. The van der Waals surface area contributed by atoms with Gasteiger partial charge in [0.05, 0.1) is 52.6 Å². The minimum Gasteiger partial charge on any atom is -0.497 e. The molecule has 2 saturated heterocycles. The Labute approximate surface area is 322 Å². The molecular weight excluding hydrogens is 718 g/mol. The first kappa shape index (κ1) is 36.5. The minimum atomic E-state index is -2.52. The van der Waals surface area contributed by atoms with E-state index >= 15 is 4.79 Å². The number of aliphatic hydroxyl groups is 1. The fourth-order valence-corrected chi connectivity index (χ4v) is 13.7. The topological polar surface area (TPSA) is 99.6 Å². The van der Waals surface area contributed by atoms with E-state index < -0.39 is 19.8 Å². The monoisotopic (exact) mass is 763 g/mol. The molecular formula is C43H46ClN3O6Si. The molecule has 11 heteroatoms. The molecule has 3 amide bonds.